The van der Waals surface area contributed by atoms with Crippen LogP contribution in [0.5, 0.6) is 5.75 Å². The van der Waals surface area contributed by atoms with Gasteiger partial charge in [-0.3, -0.25) is 19.8 Å². The Hall–Kier alpha value is -3.42. The molecule has 1 atom stereocenters. The molecule has 3 rings (SSSR count). The fraction of sp³-hybridized carbons (Fsp3) is 0.300. The van der Waals surface area contributed by atoms with E-state index in [1.165, 1.54) is 24.3 Å². The molecule has 146 valence electrons. The lowest BCUT2D eigenvalue weighted by atomic mass is 9.92. The number of urea groups is 1. The number of nitro benzene ring substituents is 1. The largest absolute Gasteiger partial charge is 0.491 e. The molecule has 28 heavy (non-hydrogen) atoms. The second-order valence-corrected chi connectivity index (χ2v) is 6.93. The lowest BCUT2D eigenvalue weighted by molar-refractivity contribution is -0.384. The molecule has 0 aromatic heterocycles. The number of ether oxygens (including phenoxy) is 1. The van der Waals surface area contributed by atoms with E-state index in [0.29, 0.717) is 11.3 Å². The van der Waals surface area contributed by atoms with Crippen LogP contribution in [0.15, 0.2) is 42.5 Å². The lowest BCUT2D eigenvalue weighted by Gasteiger charge is -2.22. The summed E-state index contributed by atoms with van der Waals surface area (Å²) >= 11 is 0. The van der Waals surface area contributed by atoms with Crippen LogP contribution in [0.2, 0.25) is 0 Å². The lowest BCUT2D eigenvalue weighted by Crippen LogP contribution is -2.41. The first-order valence-corrected chi connectivity index (χ1v) is 8.81. The first-order chi connectivity index (χ1) is 13.2. The van der Waals surface area contributed by atoms with E-state index in [2.05, 4.69) is 5.32 Å². The van der Waals surface area contributed by atoms with E-state index >= 15 is 0 Å². The maximum atomic E-state index is 12.9. The molecule has 0 bridgehead atoms. The van der Waals surface area contributed by atoms with Gasteiger partial charge in [0.05, 0.1) is 11.5 Å². The van der Waals surface area contributed by atoms with E-state index in [1.807, 2.05) is 32.0 Å². The molecular weight excluding hydrogens is 362 g/mol. The molecular formula is C20H21N3O5. The normalized spacial score (nSPS) is 18.9. The van der Waals surface area contributed by atoms with Crippen LogP contribution in [0, 0.1) is 24.0 Å². The number of non-ortho nitro benzene ring substituents is 1. The minimum Gasteiger partial charge on any atom is -0.491 e. The van der Waals surface area contributed by atoms with Crippen molar-refractivity contribution >= 4 is 17.6 Å². The molecule has 0 radical (unpaired) electrons. The second-order valence-electron chi connectivity index (χ2n) is 6.93. The Kier molecular flexibility index (Phi) is 5.04. The van der Waals surface area contributed by atoms with Gasteiger partial charge in [-0.1, -0.05) is 12.1 Å². The molecule has 2 aromatic carbocycles. The van der Waals surface area contributed by atoms with Gasteiger partial charge in [0.15, 0.2) is 0 Å². The summed E-state index contributed by atoms with van der Waals surface area (Å²) in [5.41, 5.74) is 1.16. The maximum absolute atomic E-state index is 12.9. The predicted molar refractivity (Wildman–Crippen MR) is 102 cm³/mol. The first-order valence-electron chi connectivity index (χ1n) is 8.81. The highest BCUT2D eigenvalue weighted by Crippen LogP contribution is 2.30. The fourth-order valence-electron chi connectivity index (χ4n) is 3.12. The highest BCUT2D eigenvalue weighted by atomic mass is 16.6. The zero-order valence-corrected chi connectivity index (χ0v) is 15.9. The quantitative estimate of drug-likeness (QED) is 0.469. The van der Waals surface area contributed by atoms with Crippen LogP contribution in [0.1, 0.15) is 23.6 Å². The van der Waals surface area contributed by atoms with E-state index in [-0.39, 0.29) is 18.8 Å². The highest BCUT2D eigenvalue weighted by molar-refractivity contribution is 6.07. The van der Waals surface area contributed by atoms with E-state index in [0.717, 1.165) is 16.0 Å². The molecule has 1 heterocycles. The number of hydrogen-bond acceptors (Lipinski definition) is 5. The van der Waals surface area contributed by atoms with Gasteiger partial charge < -0.3 is 10.1 Å². The third kappa shape index (κ3) is 3.53. The van der Waals surface area contributed by atoms with Crippen LogP contribution in [0.3, 0.4) is 0 Å². The highest BCUT2D eigenvalue weighted by Gasteiger charge is 2.48. The van der Waals surface area contributed by atoms with Crippen molar-refractivity contribution in [2.75, 3.05) is 13.2 Å². The number of imide groups is 1. The minimum atomic E-state index is -1.27. The molecule has 0 aliphatic carbocycles. The Morgan fingerprint density at radius 2 is 1.82 bits per heavy atom. The van der Waals surface area contributed by atoms with Crippen molar-refractivity contribution in [1.82, 2.24) is 10.2 Å². The fourth-order valence-corrected chi connectivity index (χ4v) is 3.12. The third-order valence-electron chi connectivity index (χ3n) is 4.85. The number of benzene rings is 2. The minimum absolute atomic E-state index is 0.0806. The molecule has 8 nitrogen and oxygen atoms in total. The van der Waals surface area contributed by atoms with Crippen LogP contribution >= 0.6 is 0 Å². The van der Waals surface area contributed by atoms with Gasteiger partial charge in [0.1, 0.15) is 17.9 Å². The summed E-state index contributed by atoms with van der Waals surface area (Å²) in [6.45, 7) is 5.73. The summed E-state index contributed by atoms with van der Waals surface area (Å²) in [7, 11) is 0. The molecule has 1 saturated heterocycles. The molecule has 8 heteroatoms. The molecule has 0 spiro atoms. The molecule has 3 amide bonds. The van der Waals surface area contributed by atoms with Gasteiger partial charge in [0, 0.05) is 12.1 Å². The van der Waals surface area contributed by atoms with Crippen molar-refractivity contribution in [2.24, 2.45) is 0 Å². The molecule has 1 aliphatic heterocycles. The van der Waals surface area contributed by atoms with Crippen molar-refractivity contribution in [1.29, 1.82) is 0 Å². The number of amides is 3. The molecule has 1 fully saturated rings. The van der Waals surface area contributed by atoms with Crippen LogP contribution in [0.4, 0.5) is 10.5 Å². The number of carbonyl (C=O) groups is 2. The third-order valence-corrected chi connectivity index (χ3v) is 4.85. The van der Waals surface area contributed by atoms with Gasteiger partial charge in [-0.25, -0.2) is 4.79 Å². The Balaban J connectivity index is 1.70. The van der Waals surface area contributed by atoms with E-state index in [1.54, 1.807) is 6.92 Å². The van der Waals surface area contributed by atoms with Crippen molar-refractivity contribution < 1.29 is 19.2 Å². The molecule has 1 unspecified atom stereocenters. The zero-order chi connectivity index (χ0) is 20.5. The topological polar surface area (TPSA) is 102 Å². The smallest absolute Gasteiger partial charge is 0.325 e. The number of nitrogens with one attached hydrogen (secondary N) is 1. The van der Waals surface area contributed by atoms with Gasteiger partial charge >= 0.3 is 6.03 Å². The molecule has 1 aliphatic rings. The van der Waals surface area contributed by atoms with E-state index < -0.39 is 22.4 Å². The van der Waals surface area contributed by atoms with Gasteiger partial charge in [-0.2, -0.15) is 0 Å². The Bertz CT molecular complexity index is 941. The van der Waals surface area contributed by atoms with Crippen molar-refractivity contribution in [2.45, 2.75) is 26.3 Å². The Labute approximate surface area is 162 Å². The van der Waals surface area contributed by atoms with Crippen LogP contribution in [-0.4, -0.2) is 34.9 Å². The zero-order valence-electron chi connectivity index (χ0n) is 15.9. The average Bonchev–Trinajstić information content (AvgIpc) is 2.88. The van der Waals surface area contributed by atoms with Crippen LogP contribution in [0.25, 0.3) is 0 Å². The first kappa shape index (κ1) is 19.3. The van der Waals surface area contributed by atoms with Crippen molar-refractivity contribution in [3.63, 3.8) is 0 Å². The number of nitro groups is 1. The number of aryl methyl sites for hydroxylation is 2. The van der Waals surface area contributed by atoms with Crippen LogP contribution in [-0.2, 0) is 10.3 Å². The monoisotopic (exact) mass is 383 g/mol. The van der Waals surface area contributed by atoms with E-state index in [4.69, 9.17) is 4.74 Å². The van der Waals surface area contributed by atoms with Gasteiger partial charge in [-0.15, -0.1) is 0 Å². The Morgan fingerprint density at radius 1 is 1.14 bits per heavy atom. The summed E-state index contributed by atoms with van der Waals surface area (Å²) < 4.78 is 5.74. The SMILES string of the molecule is Cc1ccc(C)c(OCCN2C(=O)NC(C)(c3ccc([N+](=O)[O-])cc3)C2=O)c1. The Morgan fingerprint density at radius 3 is 2.46 bits per heavy atom. The summed E-state index contributed by atoms with van der Waals surface area (Å²) in [5, 5.41) is 13.5. The van der Waals surface area contributed by atoms with Gasteiger partial charge in [0.25, 0.3) is 11.6 Å². The van der Waals surface area contributed by atoms with Crippen molar-refractivity contribution in [3.8, 4) is 5.75 Å². The number of nitrogens with zero attached hydrogens (tertiary/aromatic N) is 2. The van der Waals surface area contributed by atoms with Gasteiger partial charge in [-0.05, 0) is 55.7 Å². The summed E-state index contributed by atoms with van der Waals surface area (Å²) in [4.78, 5) is 36.6. The maximum Gasteiger partial charge on any atom is 0.325 e. The summed E-state index contributed by atoms with van der Waals surface area (Å²) in [6.07, 6.45) is 0. The van der Waals surface area contributed by atoms with E-state index in [9.17, 15) is 19.7 Å². The summed E-state index contributed by atoms with van der Waals surface area (Å²) in [6, 6.07) is 10.9. The van der Waals surface area contributed by atoms with Crippen molar-refractivity contribution in [3.05, 3.63) is 69.3 Å². The number of carbonyl (C=O) groups excluding carboxylic acids is 2. The molecule has 2 aromatic rings. The van der Waals surface area contributed by atoms with Gasteiger partial charge in [0.2, 0.25) is 0 Å². The summed E-state index contributed by atoms with van der Waals surface area (Å²) in [5.74, 6) is 0.293. The molecule has 0 saturated carbocycles. The number of hydrogen-bond donors (Lipinski definition) is 1. The van der Waals surface area contributed by atoms with Crippen LogP contribution < -0.4 is 10.1 Å². The standard InChI is InChI=1S/C20H21N3O5/c1-13-4-5-14(2)17(12-13)28-11-10-22-18(24)20(3,21-19(22)25)15-6-8-16(9-7-15)23(26)27/h4-9,12H,10-11H2,1-3H3,(H,21,25). The molecule has 1 N–H and O–H groups in total. The predicted octanol–water partition coefficient (Wildman–Crippen LogP) is 3.06. The second kappa shape index (κ2) is 7.30. The average molecular weight is 383 g/mol. The number of rotatable bonds is 6.